The lowest BCUT2D eigenvalue weighted by Crippen LogP contribution is -2.26. The molecule has 0 aromatic rings. The molecule has 0 aromatic heterocycles. The van der Waals surface area contributed by atoms with E-state index in [1.807, 2.05) is 13.2 Å². The van der Waals surface area contributed by atoms with Crippen molar-refractivity contribution in [3.63, 3.8) is 0 Å². The minimum atomic E-state index is 0.0353. The number of carbonyl (C=O) groups excluding carboxylic acids is 3. The van der Waals surface area contributed by atoms with Crippen LogP contribution in [0.5, 0.6) is 0 Å². The topological polar surface area (TPSA) is 75.3 Å². The van der Waals surface area contributed by atoms with Crippen LogP contribution >= 0.6 is 11.8 Å². The second-order valence-corrected chi connectivity index (χ2v) is 9.69. The van der Waals surface area contributed by atoms with E-state index in [0.717, 1.165) is 57.2 Å². The first-order chi connectivity index (χ1) is 14.4. The van der Waals surface area contributed by atoms with Gasteiger partial charge in [0, 0.05) is 44.0 Å². The smallest absolute Gasteiger partial charge is 0.220 e. The normalized spacial score (nSPS) is 12.0. The summed E-state index contributed by atoms with van der Waals surface area (Å²) < 4.78 is 0. The molecule has 176 valence electrons. The molecule has 5 nitrogen and oxygen atoms in total. The molecule has 0 aliphatic carbocycles. The molecule has 6 heteroatoms. The highest BCUT2D eigenvalue weighted by molar-refractivity contribution is 7.98. The Hall–Kier alpha value is -1.04. The molecule has 0 saturated heterocycles. The first kappa shape index (κ1) is 29.0. The largest absolute Gasteiger partial charge is 0.356 e. The molecule has 2 N–H and O–H groups in total. The van der Waals surface area contributed by atoms with Crippen LogP contribution in [0.25, 0.3) is 0 Å². The Labute approximate surface area is 189 Å². The van der Waals surface area contributed by atoms with Crippen LogP contribution in [0.1, 0.15) is 97.8 Å². The molecule has 0 heterocycles. The van der Waals surface area contributed by atoms with Crippen molar-refractivity contribution in [3.05, 3.63) is 0 Å². The molecule has 0 fully saturated rings. The number of thioether (sulfide) groups is 1. The second-order valence-electron chi connectivity index (χ2n) is 8.78. The molecular weight excluding hydrogens is 396 g/mol. The lowest BCUT2D eigenvalue weighted by Gasteiger charge is -2.08. The Bertz CT molecular complexity index is 469. The number of hydrogen-bond donors (Lipinski definition) is 2. The highest BCUT2D eigenvalue weighted by Gasteiger charge is 2.11. The van der Waals surface area contributed by atoms with Gasteiger partial charge in [-0.25, -0.2) is 0 Å². The van der Waals surface area contributed by atoms with E-state index in [1.54, 1.807) is 11.8 Å². The quantitative estimate of drug-likeness (QED) is 0.256. The molecular formula is C24H46N2O3S. The summed E-state index contributed by atoms with van der Waals surface area (Å²) in [5, 5.41) is 5.87. The summed E-state index contributed by atoms with van der Waals surface area (Å²) in [6.45, 7) is 7.88. The lowest BCUT2D eigenvalue weighted by molar-refractivity contribution is -0.123. The fraction of sp³-hybridized carbons (Fsp3) is 0.875. The summed E-state index contributed by atoms with van der Waals surface area (Å²) >= 11 is 1.73. The summed E-state index contributed by atoms with van der Waals surface area (Å²) in [7, 11) is 0. The third kappa shape index (κ3) is 19.0. The maximum Gasteiger partial charge on any atom is 0.220 e. The molecule has 1 unspecified atom stereocenters. The summed E-state index contributed by atoms with van der Waals surface area (Å²) in [4.78, 5) is 35.5. The molecule has 0 aliphatic rings. The predicted octanol–water partition coefficient (Wildman–Crippen LogP) is 5.12. The molecule has 1 atom stereocenters. The van der Waals surface area contributed by atoms with Gasteiger partial charge in [-0.05, 0) is 37.9 Å². The Balaban J connectivity index is 3.45. The minimum absolute atomic E-state index is 0.0353. The van der Waals surface area contributed by atoms with E-state index in [1.165, 1.54) is 6.42 Å². The molecule has 0 spiro atoms. The van der Waals surface area contributed by atoms with Crippen LogP contribution in [0.2, 0.25) is 0 Å². The van der Waals surface area contributed by atoms with E-state index in [0.29, 0.717) is 43.9 Å². The maximum absolute atomic E-state index is 11.9. The molecule has 0 aromatic carbocycles. The number of nitrogens with one attached hydrogen (secondary N) is 2. The van der Waals surface area contributed by atoms with Gasteiger partial charge >= 0.3 is 0 Å². The molecule has 0 radical (unpaired) electrons. The van der Waals surface area contributed by atoms with Crippen molar-refractivity contribution in [2.45, 2.75) is 97.8 Å². The molecule has 0 aliphatic heterocycles. The van der Waals surface area contributed by atoms with Crippen LogP contribution in [-0.2, 0) is 14.4 Å². The van der Waals surface area contributed by atoms with Gasteiger partial charge in [-0.15, -0.1) is 0 Å². The van der Waals surface area contributed by atoms with Gasteiger partial charge in [-0.2, -0.15) is 11.8 Å². The van der Waals surface area contributed by atoms with Gasteiger partial charge in [0.2, 0.25) is 11.8 Å². The summed E-state index contributed by atoms with van der Waals surface area (Å²) in [5.41, 5.74) is 0. The molecule has 0 saturated carbocycles. The van der Waals surface area contributed by atoms with Crippen molar-refractivity contribution < 1.29 is 14.4 Å². The minimum Gasteiger partial charge on any atom is -0.356 e. The highest BCUT2D eigenvalue weighted by atomic mass is 32.2. The van der Waals surface area contributed by atoms with Gasteiger partial charge in [0.15, 0.2) is 0 Å². The van der Waals surface area contributed by atoms with Gasteiger partial charge in [0.25, 0.3) is 0 Å². The fourth-order valence-electron chi connectivity index (χ4n) is 3.26. The van der Waals surface area contributed by atoms with Crippen molar-refractivity contribution in [1.29, 1.82) is 0 Å². The van der Waals surface area contributed by atoms with Crippen LogP contribution in [-0.4, -0.2) is 42.7 Å². The van der Waals surface area contributed by atoms with Crippen molar-refractivity contribution in [1.82, 2.24) is 10.6 Å². The molecule has 0 rings (SSSR count). The van der Waals surface area contributed by atoms with Gasteiger partial charge in [-0.3, -0.25) is 14.4 Å². The van der Waals surface area contributed by atoms with Crippen LogP contribution in [0.3, 0.4) is 0 Å². The first-order valence-electron chi connectivity index (χ1n) is 11.9. The van der Waals surface area contributed by atoms with Gasteiger partial charge in [0.1, 0.15) is 5.78 Å². The third-order valence-electron chi connectivity index (χ3n) is 5.23. The monoisotopic (exact) mass is 442 g/mol. The van der Waals surface area contributed by atoms with E-state index in [9.17, 15) is 14.4 Å². The maximum atomic E-state index is 11.9. The SMILES string of the molecule is CSCC(C)C(=O)CCCCCCCNC(=O)CCCC(=O)NCCCCC(C)C. The van der Waals surface area contributed by atoms with Crippen LogP contribution in [0, 0.1) is 11.8 Å². The first-order valence-corrected chi connectivity index (χ1v) is 13.3. The zero-order valence-electron chi connectivity index (χ0n) is 19.9. The number of carbonyl (C=O) groups is 3. The lowest BCUT2D eigenvalue weighted by atomic mass is 10.0. The van der Waals surface area contributed by atoms with E-state index in [4.69, 9.17) is 0 Å². The van der Waals surface area contributed by atoms with E-state index in [-0.39, 0.29) is 17.7 Å². The Kier molecular flexibility index (Phi) is 19.2. The van der Waals surface area contributed by atoms with E-state index < -0.39 is 0 Å². The van der Waals surface area contributed by atoms with Gasteiger partial charge in [0.05, 0.1) is 0 Å². The number of rotatable bonds is 20. The summed E-state index contributed by atoms with van der Waals surface area (Å²) in [5.74, 6) is 2.28. The number of ketones is 1. The van der Waals surface area contributed by atoms with Gasteiger partial charge in [-0.1, -0.05) is 52.9 Å². The van der Waals surface area contributed by atoms with Crippen LogP contribution in [0.15, 0.2) is 0 Å². The fourth-order valence-corrected chi connectivity index (χ4v) is 3.95. The Morgan fingerprint density at radius 1 is 0.700 bits per heavy atom. The zero-order valence-corrected chi connectivity index (χ0v) is 20.7. The number of Topliss-reactive ketones (excluding diaryl/α,β-unsaturated/α-hetero) is 1. The Morgan fingerprint density at radius 2 is 1.23 bits per heavy atom. The van der Waals surface area contributed by atoms with E-state index in [2.05, 4.69) is 24.5 Å². The van der Waals surface area contributed by atoms with Crippen molar-refractivity contribution in [3.8, 4) is 0 Å². The Morgan fingerprint density at radius 3 is 1.80 bits per heavy atom. The summed E-state index contributed by atoms with van der Waals surface area (Å²) in [6.07, 6.45) is 12.8. The summed E-state index contributed by atoms with van der Waals surface area (Å²) in [6, 6.07) is 0. The van der Waals surface area contributed by atoms with Crippen LogP contribution < -0.4 is 10.6 Å². The zero-order chi connectivity index (χ0) is 22.6. The second kappa shape index (κ2) is 19.9. The molecule has 0 bridgehead atoms. The number of amides is 2. The van der Waals surface area contributed by atoms with Crippen LogP contribution in [0.4, 0.5) is 0 Å². The number of unbranched alkanes of at least 4 members (excludes halogenated alkanes) is 5. The average Bonchev–Trinajstić information content (AvgIpc) is 2.69. The number of hydrogen-bond acceptors (Lipinski definition) is 4. The standard InChI is InChI=1S/C24H46N2O3S/c1-20(2)13-9-11-18-26-24(29)16-12-15-23(28)25-17-10-7-5-6-8-14-22(27)21(3)19-30-4/h20-21H,5-19H2,1-4H3,(H,25,28)(H,26,29). The highest BCUT2D eigenvalue weighted by Crippen LogP contribution is 2.12. The molecule has 2 amide bonds. The van der Waals surface area contributed by atoms with Crippen molar-refractivity contribution >= 4 is 29.4 Å². The van der Waals surface area contributed by atoms with Gasteiger partial charge < -0.3 is 10.6 Å². The van der Waals surface area contributed by atoms with E-state index >= 15 is 0 Å². The predicted molar refractivity (Wildman–Crippen MR) is 129 cm³/mol. The molecule has 30 heavy (non-hydrogen) atoms. The van der Waals surface area contributed by atoms with Crippen molar-refractivity contribution in [2.75, 3.05) is 25.1 Å². The average molecular weight is 443 g/mol. The third-order valence-corrected chi connectivity index (χ3v) is 6.06. The van der Waals surface area contributed by atoms with Crippen molar-refractivity contribution in [2.24, 2.45) is 11.8 Å².